The van der Waals surface area contributed by atoms with Gasteiger partial charge in [-0.05, 0) is 54.8 Å². The van der Waals surface area contributed by atoms with Crippen LogP contribution in [0.2, 0.25) is 10.0 Å². The van der Waals surface area contributed by atoms with Crippen molar-refractivity contribution in [2.24, 2.45) is 0 Å². The molecule has 1 N–H and O–H groups in total. The van der Waals surface area contributed by atoms with E-state index >= 15 is 0 Å². The molecule has 1 amide bonds. The van der Waals surface area contributed by atoms with Gasteiger partial charge in [0.05, 0.1) is 0 Å². The molecule has 0 aliphatic heterocycles. The van der Waals surface area contributed by atoms with Crippen LogP contribution in [-0.4, -0.2) is 24.8 Å². The maximum atomic E-state index is 11.8. The molecular weight excluding hydrogens is 377 g/mol. The van der Waals surface area contributed by atoms with Gasteiger partial charge in [0, 0.05) is 28.1 Å². The van der Waals surface area contributed by atoms with Crippen molar-refractivity contribution in [3.05, 3.63) is 63.1 Å². The average Bonchev–Trinajstić information content (AvgIpc) is 2.57. The average molecular weight is 398 g/mol. The number of benzene rings is 2. The number of amides is 1. The molecule has 0 saturated carbocycles. The highest BCUT2D eigenvalue weighted by atomic mass is 35.5. The summed E-state index contributed by atoms with van der Waals surface area (Å²) in [5.41, 5.74) is 3.39. The summed E-state index contributed by atoms with van der Waals surface area (Å²) in [7, 11) is 0. The highest BCUT2D eigenvalue weighted by Gasteiger charge is 2.04. The van der Waals surface area contributed by atoms with Crippen molar-refractivity contribution in [2.45, 2.75) is 19.6 Å². The van der Waals surface area contributed by atoms with Gasteiger partial charge in [0.2, 0.25) is 0 Å². The molecule has 0 aliphatic carbocycles. The number of carbonyl (C=O) groups excluding carboxylic acids is 1. The molecule has 0 aliphatic rings. The van der Waals surface area contributed by atoms with Crippen LogP contribution in [0.5, 0.6) is 5.75 Å². The van der Waals surface area contributed by atoms with Gasteiger partial charge in [0.25, 0.3) is 5.91 Å². The number of hydrogen-bond acceptors (Lipinski definition) is 3. The van der Waals surface area contributed by atoms with Crippen LogP contribution < -0.4 is 10.1 Å². The maximum absolute atomic E-state index is 11.8. The smallest absolute Gasteiger partial charge is 0.257 e. The van der Waals surface area contributed by atoms with Gasteiger partial charge in [-0.2, -0.15) is 11.8 Å². The Kier molecular flexibility index (Phi) is 7.94. The van der Waals surface area contributed by atoms with Crippen molar-refractivity contribution in [1.82, 2.24) is 5.32 Å². The third-order valence-corrected chi connectivity index (χ3v) is 5.28. The number of aryl methyl sites for hydroxylation is 2. The lowest BCUT2D eigenvalue weighted by atomic mass is 10.1. The third-order valence-electron chi connectivity index (χ3n) is 3.69. The Morgan fingerprint density at radius 3 is 2.64 bits per heavy atom. The van der Waals surface area contributed by atoms with Gasteiger partial charge in [-0.3, -0.25) is 4.79 Å². The maximum Gasteiger partial charge on any atom is 0.257 e. The molecule has 3 nitrogen and oxygen atoms in total. The molecular formula is C19H21Cl2NO2S. The van der Waals surface area contributed by atoms with Gasteiger partial charge in [-0.15, -0.1) is 0 Å². The molecule has 25 heavy (non-hydrogen) atoms. The topological polar surface area (TPSA) is 38.3 Å². The fraction of sp³-hybridized carbons (Fsp3) is 0.316. The van der Waals surface area contributed by atoms with Crippen LogP contribution in [0.15, 0.2) is 36.4 Å². The molecule has 0 heterocycles. The van der Waals surface area contributed by atoms with E-state index in [1.807, 2.05) is 44.2 Å². The number of nitrogens with one attached hydrogen (secondary N) is 1. The second kappa shape index (κ2) is 9.95. The quantitative estimate of drug-likeness (QED) is 0.634. The number of rotatable bonds is 8. The molecule has 0 atom stereocenters. The first-order chi connectivity index (χ1) is 12.0. The van der Waals surface area contributed by atoms with Crippen molar-refractivity contribution in [1.29, 1.82) is 0 Å². The van der Waals surface area contributed by atoms with E-state index < -0.39 is 0 Å². The third kappa shape index (κ3) is 6.81. The predicted molar refractivity (Wildman–Crippen MR) is 107 cm³/mol. The molecule has 2 aromatic rings. The predicted octanol–water partition coefficient (Wildman–Crippen LogP) is 5.04. The van der Waals surface area contributed by atoms with Gasteiger partial charge < -0.3 is 10.1 Å². The fourth-order valence-corrected chi connectivity index (χ4v) is 3.50. The zero-order valence-electron chi connectivity index (χ0n) is 14.3. The van der Waals surface area contributed by atoms with Crippen LogP contribution in [0.1, 0.15) is 16.7 Å². The van der Waals surface area contributed by atoms with Crippen LogP contribution in [0, 0.1) is 13.8 Å². The number of thioether (sulfide) groups is 1. The van der Waals surface area contributed by atoms with Gasteiger partial charge >= 0.3 is 0 Å². The highest BCUT2D eigenvalue weighted by Crippen LogP contribution is 2.24. The summed E-state index contributed by atoms with van der Waals surface area (Å²) in [6, 6.07) is 11.3. The van der Waals surface area contributed by atoms with Gasteiger partial charge in [0.1, 0.15) is 5.75 Å². The number of halogens is 2. The Morgan fingerprint density at radius 2 is 1.92 bits per heavy atom. The molecule has 0 unspecified atom stereocenters. The van der Waals surface area contributed by atoms with Crippen LogP contribution in [0.3, 0.4) is 0 Å². The second-order valence-corrected chi connectivity index (χ2v) is 7.62. The largest absolute Gasteiger partial charge is 0.484 e. The lowest BCUT2D eigenvalue weighted by Gasteiger charge is -2.09. The standard InChI is InChI=1S/C19H21Cl2NO2S/c1-13-3-6-17(9-14(13)2)24-11-19(23)22-7-8-25-12-15-4-5-16(20)10-18(15)21/h3-6,9-10H,7-8,11-12H2,1-2H3,(H,22,23). The minimum atomic E-state index is -0.122. The summed E-state index contributed by atoms with van der Waals surface area (Å²) >= 11 is 13.7. The van der Waals surface area contributed by atoms with Crippen molar-refractivity contribution >= 4 is 40.9 Å². The fourth-order valence-electron chi connectivity index (χ4n) is 2.09. The van der Waals surface area contributed by atoms with Crippen molar-refractivity contribution in [2.75, 3.05) is 18.9 Å². The zero-order chi connectivity index (χ0) is 18.2. The second-order valence-electron chi connectivity index (χ2n) is 5.67. The molecule has 6 heteroatoms. The Hall–Kier alpha value is -1.36. The Morgan fingerprint density at radius 1 is 1.12 bits per heavy atom. The number of hydrogen-bond donors (Lipinski definition) is 1. The van der Waals surface area contributed by atoms with Crippen molar-refractivity contribution in [3.63, 3.8) is 0 Å². The summed E-state index contributed by atoms with van der Waals surface area (Å²) in [4.78, 5) is 11.8. The number of ether oxygens (including phenoxy) is 1. The van der Waals surface area contributed by atoms with E-state index in [2.05, 4.69) is 5.32 Å². The van der Waals surface area contributed by atoms with Gasteiger partial charge in [-0.1, -0.05) is 35.3 Å². The van der Waals surface area contributed by atoms with E-state index in [9.17, 15) is 4.79 Å². The summed E-state index contributed by atoms with van der Waals surface area (Å²) in [5, 5.41) is 4.16. The summed E-state index contributed by atoms with van der Waals surface area (Å²) in [5.74, 6) is 2.17. The van der Waals surface area contributed by atoms with E-state index in [1.165, 1.54) is 5.56 Å². The lowest BCUT2D eigenvalue weighted by molar-refractivity contribution is -0.122. The van der Waals surface area contributed by atoms with Crippen molar-refractivity contribution in [3.8, 4) is 5.75 Å². The van der Waals surface area contributed by atoms with E-state index in [0.717, 1.165) is 22.6 Å². The first-order valence-electron chi connectivity index (χ1n) is 7.94. The SMILES string of the molecule is Cc1ccc(OCC(=O)NCCSCc2ccc(Cl)cc2Cl)cc1C. The Bertz CT molecular complexity index is 737. The number of carbonyl (C=O) groups is 1. The summed E-state index contributed by atoms with van der Waals surface area (Å²) < 4.78 is 5.51. The molecule has 0 radical (unpaired) electrons. The van der Waals surface area contributed by atoms with E-state index in [0.29, 0.717) is 22.3 Å². The van der Waals surface area contributed by atoms with E-state index in [4.69, 9.17) is 27.9 Å². The van der Waals surface area contributed by atoms with Crippen molar-refractivity contribution < 1.29 is 9.53 Å². The van der Waals surface area contributed by atoms with Crippen LogP contribution in [-0.2, 0) is 10.5 Å². The molecule has 134 valence electrons. The summed E-state index contributed by atoms with van der Waals surface area (Å²) in [6.07, 6.45) is 0. The highest BCUT2D eigenvalue weighted by molar-refractivity contribution is 7.98. The van der Waals surface area contributed by atoms with Gasteiger partial charge in [0.15, 0.2) is 6.61 Å². The minimum Gasteiger partial charge on any atom is -0.484 e. The monoisotopic (exact) mass is 397 g/mol. The van der Waals surface area contributed by atoms with E-state index in [-0.39, 0.29) is 12.5 Å². The minimum absolute atomic E-state index is 0.0240. The molecule has 0 saturated heterocycles. The van der Waals surface area contributed by atoms with Crippen LogP contribution in [0.4, 0.5) is 0 Å². The molecule has 0 spiro atoms. The summed E-state index contributed by atoms with van der Waals surface area (Å²) in [6.45, 7) is 4.67. The molecule has 0 aromatic heterocycles. The zero-order valence-corrected chi connectivity index (χ0v) is 16.6. The Balaban J connectivity index is 1.62. The van der Waals surface area contributed by atoms with Crippen LogP contribution in [0.25, 0.3) is 0 Å². The van der Waals surface area contributed by atoms with Gasteiger partial charge in [-0.25, -0.2) is 0 Å². The van der Waals surface area contributed by atoms with E-state index in [1.54, 1.807) is 17.8 Å². The van der Waals surface area contributed by atoms with Crippen LogP contribution >= 0.6 is 35.0 Å². The molecule has 2 aromatic carbocycles. The lowest BCUT2D eigenvalue weighted by Crippen LogP contribution is -2.30. The molecule has 0 fully saturated rings. The first-order valence-corrected chi connectivity index (χ1v) is 9.85. The molecule has 2 rings (SSSR count). The first kappa shape index (κ1) is 20.0. The molecule has 0 bridgehead atoms. The normalized spacial score (nSPS) is 10.6. The Labute approximate surface area is 163 Å².